The van der Waals surface area contributed by atoms with Gasteiger partial charge in [0.05, 0.1) is 39.7 Å². The lowest BCUT2D eigenvalue weighted by Crippen LogP contribution is -2.60. The van der Waals surface area contributed by atoms with Crippen LogP contribution in [0, 0.1) is 35.5 Å². The van der Waals surface area contributed by atoms with Crippen LogP contribution in [0.2, 0.25) is 0 Å². The van der Waals surface area contributed by atoms with Gasteiger partial charge in [-0.15, -0.1) is 0 Å². The summed E-state index contributed by atoms with van der Waals surface area (Å²) in [6, 6.07) is 4.59. The molecule has 0 N–H and O–H groups in total. The summed E-state index contributed by atoms with van der Waals surface area (Å²) in [6.07, 6.45) is 2.64. The summed E-state index contributed by atoms with van der Waals surface area (Å²) in [5.74, 6) is 11.6. The number of methoxy groups -OCH3 is 4. The van der Waals surface area contributed by atoms with Crippen molar-refractivity contribution >= 4 is 17.7 Å². The zero-order valence-electron chi connectivity index (χ0n) is 19.4. The van der Waals surface area contributed by atoms with Crippen LogP contribution >= 0.6 is 0 Å². The molecule has 0 saturated carbocycles. The molecule has 1 saturated heterocycles. The van der Waals surface area contributed by atoms with Crippen LogP contribution in [0.5, 0.6) is 5.75 Å². The summed E-state index contributed by atoms with van der Waals surface area (Å²) in [5, 5.41) is 0. The Balaban J connectivity index is 1.92. The molecule has 8 heteroatoms. The summed E-state index contributed by atoms with van der Waals surface area (Å²) < 4.78 is 28.3. The van der Waals surface area contributed by atoms with Gasteiger partial charge < -0.3 is 23.7 Å². The maximum Gasteiger partial charge on any atom is 0.415 e. The monoisotopic (exact) mass is 461 g/mol. The van der Waals surface area contributed by atoms with Gasteiger partial charge in [0.25, 0.3) is 0 Å². The molecule has 5 atom stereocenters. The van der Waals surface area contributed by atoms with Gasteiger partial charge in [0.2, 0.25) is 0 Å². The maximum atomic E-state index is 13.1. The van der Waals surface area contributed by atoms with Crippen molar-refractivity contribution < 1.29 is 33.3 Å². The maximum absolute atomic E-state index is 13.1. The van der Waals surface area contributed by atoms with Crippen molar-refractivity contribution in [1.29, 1.82) is 0 Å². The first kappa shape index (κ1) is 21.9. The largest absolute Gasteiger partial charge is 0.499 e. The fourth-order valence-electron chi connectivity index (χ4n) is 5.70. The average molecular weight is 461 g/mol. The number of carbonyl (C=O) groups is 2. The summed E-state index contributed by atoms with van der Waals surface area (Å²) in [6.45, 7) is 1.85. The van der Waals surface area contributed by atoms with E-state index in [-0.39, 0.29) is 0 Å². The van der Waals surface area contributed by atoms with Crippen LogP contribution in [0.1, 0.15) is 12.5 Å². The molecule has 1 aromatic carbocycles. The summed E-state index contributed by atoms with van der Waals surface area (Å²) in [7, 11) is 5.69. The fraction of sp³-hybridized carbons (Fsp3) is 0.385. The minimum Gasteiger partial charge on any atom is -0.499 e. The van der Waals surface area contributed by atoms with Crippen molar-refractivity contribution in [3.63, 3.8) is 0 Å². The number of esters is 1. The number of nitrogens with zero attached hydrogens (tertiary/aromatic N) is 1. The van der Waals surface area contributed by atoms with Gasteiger partial charge in [-0.3, -0.25) is 4.90 Å². The molecule has 0 radical (unpaired) electrons. The highest BCUT2D eigenvalue weighted by Gasteiger charge is 2.86. The number of carbonyl (C=O) groups excluding carboxylic acids is 2. The highest BCUT2D eigenvalue weighted by atomic mass is 16.6. The number of hydrogen-bond donors (Lipinski definition) is 0. The number of fused-ring (bicyclic) bond motifs is 1. The average Bonchev–Trinajstić information content (AvgIpc) is 3.58. The Hall–Kier alpha value is -3.88. The minimum absolute atomic E-state index is 0.310. The normalized spacial score (nSPS) is 32.4. The Kier molecular flexibility index (Phi) is 4.89. The third-order valence-electron chi connectivity index (χ3n) is 7.10. The van der Waals surface area contributed by atoms with Crippen molar-refractivity contribution in [2.24, 2.45) is 11.8 Å². The van der Waals surface area contributed by atoms with Crippen molar-refractivity contribution in [2.45, 2.75) is 24.2 Å². The van der Waals surface area contributed by atoms with E-state index in [4.69, 9.17) is 23.7 Å². The van der Waals surface area contributed by atoms with Crippen molar-refractivity contribution in [1.82, 2.24) is 0 Å². The second kappa shape index (κ2) is 7.58. The predicted octanol–water partition coefficient (Wildman–Crippen LogP) is 2.53. The zero-order valence-corrected chi connectivity index (χ0v) is 19.4. The summed E-state index contributed by atoms with van der Waals surface area (Å²) >= 11 is 0. The molecule has 8 nitrogen and oxygen atoms in total. The second-order valence-corrected chi connectivity index (χ2v) is 8.30. The van der Waals surface area contributed by atoms with Gasteiger partial charge in [-0.25, -0.2) is 9.59 Å². The Labute approximate surface area is 197 Å². The van der Waals surface area contributed by atoms with E-state index in [2.05, 4.69) is 23.7 Å². The zero-order chi connectivity index (χ0) is 24.3. The van der Waals surface area contributed by atoms with Gasteiger partial charge in [-0.05, 0) is 30.4 Å². The molecular formula is C26H23NO7. The van der Waals surface area contributed by atoms with Crippen LogP contribution in [-0.2, 0) is 29.3 Å². The van der Waals surface area contributed by atoms with Crippen LogP contribution in [0.25, 0.3) is 0 Å². The number of hydrogen-bond acceptors (Lipinski definition) is 7. The Morgan fingerprint density at radius 1 is 1.03 bits per heavy atom. The Bertz CT molecular complexity index is 1290. The van der Waals surface area contributed by atoms with E-state index in [0.717, 1.165) is 0 Å². The molecule has 4 bridgehead atoms. The molecule has 34 heavy (non-hydrogen) atoms. The summed E-state index contributed by atoms with van der Waals surface area (Å²) in [4.78, 5) is 27.6. The Morgan fingerprint density at radius 2 is 1.76 bits per heavy atom. The van der Waals surface area contributed by atoms with E-state index in [0.29, 0.717) is 28.3 Å². The van der Waals surface area contributed by atoms with E-state index in [1.54, 1.807) is 31.4 Å². The number of allylic oxidation sites excluding steroid dienone is 2. The van der Waals surface area contributed by atoms with E-state index >= 15 is 0 Å². The van der Waals surface area contributed by atoms with E-state index in [1.165, 1.54) is 26.2 Å². The molecule has 174 valence electrons. The van der Waals surface area contributed by atoms with Gasteiger partial charge in [-0.2, -0.15) is 0 Å². The van der Waals surface area contributed by atoms with Gasteiger partial charge in [0.15, 0.2) is 0 Å². The fourth-order valence-corrected chi connectivity index (χ4v) is 5.70. The molecule has 0 unspecified atom stereocenters. The highest BCUT2D eigenvalue weighted by molar-refractivity contribution is 5.96. The molecule has 1 fully saturated rings. The molecule has 2 aliphatic heterocycles. The number of benzene rings is 1. The third-order valence-corrected chi connectivity index (χ3v) is 7.10. The molecule has 5 rings (SSSR count). The predicted molar refractivity (Wildman–Crippen MR) is 121 cm³/mol. The first-order valence-electron chi connectivity index (χ1n) is 10.7. The number of rotatable bonds is 3. The van der Waals surface area contributed by atoms with E-state index in [9.17, 15) is 9.59 Å². The molecule has 2 aliphatic carbocycles. The summed E-state index contributed by atoms with van der Waals surface area (Å²) in [5.41, 5.74) is -0.583. The topological polar surface area (TPSA) is 86.8 Å². The van der Waals surface area contributed by atoms with Gasteiger partial charge >= 0.3 is 12.1 Å². The SMILES string of the molecule is COC(=O)C1=C(OC)[C@H]2C#C/C=C\C#C[C@@H]3N(C(=O)OC)c4ccc(OC)cc4[C@]24O[C@@]34[C@H]1C. The lowest BCUT2D eigenvalue weighted by atomic mass is 9.59. The molecule has 1 amide bonds. The van der Waals surface area contributed by atoms with Crippen LogP contribution in [-0.4, -0.2) is 52.1 Å². The van der Waals surface area contributed by atoms with Crippen LogP contribution in [0.3, 0.4) is 0 Å². The van der Waals surface area contributed by atoms with Crippen molar-refractivity contribution in [3.8, 4) is 29.4 Å². The van der Waals surface area contributed by atoms with Crippen LogP contribution in [0.4, 0.5) is 10.5 Å². The minimum atomic E-state index is -1.11. The number of ether oxygens (including phenoxy) is 5. The van der Waals surface area contributed by atoms with Gasteiger partial charge in [-0.1, -0.05) is 30.6 Å². The second-order valence-electron chi connectivity index (χ2n) is 8.30. The third kappa shape index (κ3) is 2.49. The smallest absolute Gasteiger partial charge is 0.415 e. The van der Waals surface area contributed by atoms with E-state index in [1.807, 2.05) is 13.0 Å². The standard InChI is InChI=1S/C26H23NO7/c1-15-21(23(28)32-4)22(31-3)17-10-8-6-7-9-11-20-25(15)26(17,34-25)18-14-16(30-2)12-13-19(18)27(20)24(29)33-5/h6-7,12-15,17,20H,1-5H3/b7-6-/t15-,17+,20-,25-,26+/m0/s1. The lowest BCUT2D eigenvalue weighted by molar-refractivity contribution is -0.137. The molecule has 4 aliphatic rings. The quantitative estimate of drug-likeness (QED) is 0.388. The number of anilines is 1. The Morgan fingerprint density at radius 3 is 2.41 bits per heavy atom. The van der Waals surface area contributed by atoms with Crippen molar-refractivity contribution in [3.05, 3.63) is 47.2 Å². The number of epoxide rings is 1. The molecule has 1 aromatic rings. The molecule has 2 heterocycles. The lowest BCUT2D eigenvalue weighted by Gasteiger charge is -2.46. The molecule has 0 aromatic heterocycles. The number of amides is 1. The first-order valence-corrected chi connectivity index (χ1v) is 10.7. The van der Waals surface area contributed by atoms with Crippen LogP contribution < -0.4 is 9.64 Å². The van der Waals surface area contributed by atoms with E-state index < -0.39 is 41.1 Å². The molecule has 0 spiro atoms. The van der Waals surface area contributed by atoms with Gasteiger partial charge in [0.1, 0.15) is 34.7 Å². The molecular weight excluding hydrogens is 438 g/mol. The van der Waals surface area contributed by atoms with Crippen LogP contribution in [0.15, 0.2) is 41.7 Å². The van der Waals surface area contributed by atoms with Crippen molar-refractivity contribution in [2.75, 3.05) is 33.3 Å². The first-order chi connectivity index (χ1) is 16.4. The van der Waals surface area contributed by atoms with Gasteiger partial charge in [0, 0.05) is 11.5 Å². The highest BCUT2D eigenvalue weighted by Crippen LogP contribution is 2.74.